The second kappa shape index (κ2) is 5.13. The Bertz CT molecular complexity index is 634. The molecule has 3 rings (SSSR count). The van der Waals surface area contributed by atoms with Crippen LogP contribution in [0.1, 0.15) is 0 Å². The lowest BCUT2D eigenvalue weighted by Gasteiger charge is -2.27. The molecular formula is C14H13F2N2O2P. The fraction of sp³-hybridized carbons (Fsp3) is 0.143. The first kappa shape index (κ1) is 14.0. The van der Waals surface area contributed by atoms with Gasteiger partial charge in [0.2, 0.25) is 0 Å². The Morgan fingerprint density at radius 2 is 1.14 bits per heavy atom. The van der Waals surface area contributed by atoms with Crippen molar-refractivity contribution in [3.63, 3.8) is 0 Å². The molecule has 0 bridgehead atoms. The standard InChI is InChI=1S/C14H13F2N2O2P/c15-11-1-5-13(6-2-11)17-9-10-18(21(17,19)20)14-7-3-12(16)4-8-14/h1-8H,9-10H2,(H,19,20). The van der Waals surface area contributed by atoms with Crippen LogP contribution in [0.15, 0.2) is 48.5 Å². The van der Waals surface area contributed by atoms with Crippen LogP contribution in [-0.2, 0) is 4.57 Å². The van der Waals surface area contributed by atoms with Crippen molar-refractivity contribution in [2.24, 2.45) is 0 Å². The molecule has 7 heteroatoms. The quantitative estimate of drug-likeness (QED) is 0.864. The number of hydrogen-bond donors (Lipinski definition) is 1. The first-order valence-electron chi connectivity index (χ1n) is 6.38. The molecule has 1 heterocycles. The van der Waals surface area contributed by atoms with Crippen LogP contribution in [0.5, 0.6) is 0 Å². The summed E-state index contributed by atoms with van der Waals surface area (Å²) in [5, 5.41) is 0. The SMILES string of the molecule is O=P1(O)N(c2ccc(F)cc2)CCN1c1ccc(F)cc1. The van der Waals surface area contributed by atoms with Gasteiger partial charge in [-0.2, -0.15) is 0 Å². The number of halogens is 2. The molecule has 0 radical (unpaired) electrons. The molecule has 0 aromatic heterocycles. The molecule has 0 amide bonds. The summed E-state index contributed by atoms with van der Waals surface area (Å²) in [5.74, 6) is -0.804. The maximum absolute atomic E-state index is 12.9. The monoisotopic (exact) mass is 310 g/mol. The average Bonchev–Trinajstić information content (AvgIpc) is 2.76. The molecule has 1 saturated heterocycles. The van der Waals surface area contributed by atoms with Gasteiger partial charge in [0, 0.05) is 24.5 Å². The van der Waals surface area contributed by atoms with Gasteiger partial charge < -0.3 is 4.89 Å². The smallest absolute Gasteiger partial charge is 0.313 e. The molecule has 0 spiro atoms. The first-order valence-corrected chi connectivity index (χ1v) is 7.95. The molecule has 4 nitrogen and oxygen atoms in total. The molecule has 1 N–H and O–H groups in total. The Morgan fingerprint density at radius 3 is 1.48 bits per heavy atom. The minimum Gasteiger partial charge on any atom is -0.313 e. The Morgan fingerprint density at radius 1 is 0.810 bits per heavy atom. The lowest BCUT2D eigenvalue weighted by atomic mass is 10.3. The fourth-order valence-electron chi connectivity index (χ4n) is 2.37. The van der Waals surface area contributed by atoms with Crippen molar-refractivity contribution in [3.8, 4) is 0 Å². The summed E-state index contributed by atoms with van der Waals surface area (Å²) in [6.45, 7) is 0.660. The molecule has 0 aliphatic carbocycles. The van der Waals surface area contributed by atoms with Crippen LogP contribution < -0.4 is 9.34 Å². The zero-order chi connectivity index (χ0) is 15.0. The Labute approximate surface area is 120 Å². The van der Waals surface area contributed by atoms with Gasteiger partial charge in [-0.05, 0) is 48.5 Å². The number of rotatable bonds is 2. The van der Waals surface area contributed by atoms with E-state index in [1.807, 2.05) is 0 Å². The highest BCUT2D eigenvalue weighted by Gasteiger charge is 2.42. The predicted octanol–water partition coefficient (Wildman–Crippen LogP) is 3.39. The Balaban J connectivity index is 1.92. The van der Waals surface area contributed by atoms with Gasteiger partial charge in [-0.15, -0.1) is 0 Å². The molecule has 21 heavy (non-hydrogen) atoms. The van der Waals surface area contributed by atoms with E-state index in [-0.39, 0.29) is 0 Å². The van der Waals surface area contributed by atoms with Gasteiger partial charge in [-0.25, -0.2) is 13.3 Å². The maximum Gasteiger partial charge on any atom is 0.394 e. The van der Waals surface area contributed by atoms with Crippen LogP contribution in [0.2, 0.25) is 0 Å². The maximum atomic E-state index is 12.9. The molecule has 2 aromatic rings. The van der Waals surface area contributed by atoms with Crippen molar-refractivity contribution in [1.82, 2.24) is 0 Å². The summed E-state index contributed by atoms with van der Waals surface area (Å²) < 4.78 is 41.3. The molecular weight excluding hydrogens is 297 g/mol. The molecule has 2 aromatic carbocycles. The molecule has 0 saturated carbocycles. The van der Waals surface area contributed by atoms with E-state index in [9.17, 15) is 18.2 Å². The molecule has 1 aliphatic rings. The van der Waals surface area contributed by atoms with Crippen LogP contribution in [0.4, 0.5) is 20.2 Å². The van der Waals surface area contributed by atoms with Crippen molar-refractivity contribution < 1.29 is 18.2 Å². The normalized spacial score (nSPS) is 17.3. The highest BCUT2D eigenvalue weighted by Crippen LogP contribution is 2.56. The van der Waals surface area contributed by atoms with E-state index in [0.29, 0.717) is 24.5 Å². The van der Waals surface area contributed by atoms with E-state index < -0.39 is 19.3 Å². The number of anilines is 2. The van der Waals surface area contributed by atoms with Crippen molar-refractivity contribution in [3.05, 3.63) is 60.2 Å². The van der Waals surface area contributed by atoms with E-state index in [2.05, 4.69) is 0 Å². The zero-order valence-electron chi connectivity index (χ0n) is 11.0. The van der Waals surface area contributed by atoms with Crippen LogP contribution in [0.25, 0.3) is 0 Å². The van der Waals surface area contributed by atoms with Gasteiger partial charge in [0.25, 0.3) is 0 Å². The fourth-order valence-corrected chi connectivity index (χ4v) is 4.19. The first-order chi connectivity index (χ1) is 9.98. The topological polar surface area (TPSA) is 43.8 Å². The van der Waals surface area contributed by atoms with Gasteiger partial charge >= 0.3 is 7.67 Å². The highest BCUT2D eigenvalue weighted by atomic mass is 31.2. The highest BCUT2D eigenvalue weighted by molar-refractivity contribution is 7.61. The van der Waals surface area contributed by atoms with Crippen LogP contribution in [0, 0.1) is 11.6 Å². The third-order valence-corrected chi connectivity index (χ3v) is 5.52. The van der Waals surface area contributed by atoms with Gasteiger partial charge in [-0.3, -0.25) is 9.34 Å². The van der Waals surface area contributed by atoms with Crippen molar-refractivity contribution in [2.45, 2.75) is 0 Å². The van der Waals surface area contributed by atoms with Crippen molar-refractivity contribution >= 4 is 19.0 Å². The third-order valence-electron chi connectivity index (χ3n) is 3.40. The molecule has 1 aliphatic heterocycles. The summed E-state index contributed by atoms with van der Waals surface area (Å²) in [7, 11) is -3.82. The van der Waals surface area contributed by atoms with Gasteiger partial charge in [-0.1, -0.05) is 0 Å². The molecule has 0 unspecified atom stereocenters. The van der Waals surface area contributed by atoms with E-state index in [4.69, 9.17) is 0 Å². The summed E-state index contributed by atoms with van der Waals surface area (Å²) in [4.78, 5) is 10.4. The van der Waals surface area contributed by atoms with Crippen LogP contribution in [-0.4, -0.2) is 18.0 Å². The lowest BCUT2D eigenvalue weighted by Crippen LogP contribution is -2.18. The summed E-state index contributed by atoms with van der Waals surface area (Å²) in [6, 6.07) is 10.8. The van der Waals surface area contributed by atoms with E-state index in [1.165, 1.54) is 57.9 Å². The van der Waals surface area contributed by atoms with E-state index in [1.54, 1.807) is 0 Å². The van der Waals surface area contributed by atoms with Gasteiger partial charge in [0.1, 0.15) is 11.6 Å². The van der Waals surface area contributed by atoms with Gasteiger partial charge in [0.05, 0.1) is 0 Å². The van der Waals surface area contributed by atoms with E-state index >= 15 is 0 Å². The minimum absolute atomic E-state index is 0.330. The van der Waals surface area contributed by atoms with Crippen LogP contribution >= 0.6 is 7.67 Å². The molecule has 0 atom stereocenters. The lowest BCUT2D eigenvalue weighted by molar-refractivity contribution is 0.478. The van der Waals surface area contributed by atoms with Crippen molar-refractivity contribution in [1.29, 1.82) is 0 Å². The minimum atomic E-state index is -3.82. The summed E-state index contributed by atoms with van der Waals surface area (Å²) >= 11 is 0. The summed E-state index contributed by atoms with van der Waals surface area (Å²) in [6.07, 6.45) is 0. The third kappa shape index (κ3) is 2.52. The van der Waals surface area contributed by atoms with Crippen molar-refractivity contribution in [2.75, 3.05) is 22.4 Å². The van der Waals surface area contributed by atoms with E-state index in [0.717, 1.165) is 0 Å². The Hall–Kier alpha value is -1.91. The predicted molar refractivity (Wildman–Crippen MR) is 77.3 cm³/mol. The molecule has 1 fully saturated rings. The second-order valence-electron chi connectivity index (χ2n) is 4.71. The number of hydrogen-bond acceptors (Lipinski definition) is 1. The second-order valence-corrected chi connectivity index (χ2v) is 6.70. The zero-order valence-corrected chi connectivity index (χ0v) is 11.9. The average molecular weight is 310 g/mol. The largest absolute Gasteiger partial charge is 0.394 e. The number of nitrogens with zero attached hydrogens (tertiary/aromatic N) is 2. The van der Waals surface area contributed by atoms with Crippen LogP contribution in [0.3, 0.4) is 0 Å². The number of benzene rings is 2. The molecule has 110 valence electrons. The Kier molecular flexibility index (Phi) is 3.43. The van der Waals surface area contributed by atoms with Gasteiger partial charge in [0.15, 0.2) is 0 Å². The summed E-state index contributed by atoms with van der Waals surface area (Å²) in [5.41, 5.74) is 0.957.